The first-order valence-electron chi connectivity index (χ1n) is 18.6. The van der Waals surface area contributed by atoms with Gasteiger partial charge in [-0.25, -0.2) is 19.2 Å². The van der Waals surface area contributed by atoms with E-state index in [9.17, 15) is 43.8 Å². The summed E-state index contributed by atoms with van der Waals surface area (Å²) in [7, 11) is 0. The number of aromatic nitrogens is 2. The topological polar surface area (TPSA) is 286 Å². The quantitative estimate of drug-likeness (QED) is 0.0528. The van der Waals surface area contributed by atoms with E-state index >= 15 is 0 Å². The van der Waals surface area contributed by atoms with Crippen LogP contribution < -0.4 is 26.6 Å². The molecule has 2 heterocycles. The fourth-order valence-electron chi connectivity index (χ4n) is 5.55. The number of unbranched alkanes of at least 4 members (excludes halogenated alkanes) is 5. The summed E-state index contributed by atoms with van der Waals surface area (Å²) in [6.45, 7) is 0.883. The zero-order chi connectivity index (χ0) is 42.4. The number of halogens is 1. The van der Waals surface area contributed by atoms with Crippen molar-refractivity contribution in [2.24, 2.45) is 0 Å². The van der Waals surface area contributed by atoms with Gasteiger partial charge in [-0.15, -0.1) is 0 Å². The Labute approximate surface area is 348 Å². The standard InChI is InChI=1S/C37H53N7O11.BrH.Re/c45-30(40-23-11-7-16-28(35(51)52)43-37(55)44-29(36(53)54)19-20-32(47)48)17-3-1-2-4-18-31(46)42-27(34(49)50)15-8-12-24-41-33(25-13-5-9-21-38-25)26-14-6-10-22-39-26;;/h5-6,9-10,13-14,21-22,27-29,33,41H,1-4,7-8,11-12,15-20,23-24H2,(H,40,45)(H,42,46)(H,47,48)(H,49,50)(H,51,52)(H,53,54)(H2,43,44,55);1H;/q;;+1/p-1. The molecule has 0 aliphatic carbocycles. The molecular weight excluding hydrogens is 985 g/mol. The predicted octanol–water partition coefficient (Wildman–Crippen LogP) is 3.44. The molecule has 0 bridgehead atoms. The molecule has 4 amide bonds. The van der Waals surface area contributed by atoms with Gasteiger partial charge in [0.15, 0.2) is 0 Å². The van der Waals surface area contributed by atoms with Crippen LogP contribution in [-0.2, 0) is 46.0 Å². The summed E-state index contributed by atoms with van der Waals surface area (Å²) in [6, 6.07) is 6.27. The molecule has 0 aromatic carbocycles. The van der Waals surface area contributed by atoms with Gasteiger partial charge < -0.3 is 47.0 Å². The second-order valence-electron chi connectivity index (χ2n) is 12.9. The van der Waals surface area contributed by atoms with Gasteiger partial charge in [0.25, 0.3) is 0 Å². The summed E-state index contributed by atoms with van der Waals surface area (Å²) in [5.41, 5.74) is 1.65. The third-order valence-electron chi connectivity index (χ3n) is 8.52. The zero-order valence-electron chi connectivity index (χ0n) is 31.5. The van der Waals surface area contributed by atoms with Gasteiger partial charge >= 0.3 is 60.5 Å². The number of carboxylic acids is 4. The number of pyridine rings is 2. The van der Waals surface area contributed by atoms with E-state index in [1.165, 1.54) is 17.2 Å². The first-order chi connectivity index (χ1) is 27.4. The summed E-state index contributed by atoms with van der Waals surface area (Å²) < 4.78 is 0. The van der Waals surface area contributed by atoms with Gasteiger partial charge in [0, 0.05) is 38.2 Å². The van der Waals surface area contributed by atoms with Crippen LogP contribution in [-0.4, -0.2) is 103 Å². The van der Waals surface area contributed by atoms with Crippen molar-refractivity contribution in [3.63, 3.8) is 0 Å². The molecular formula is C37H53BrN7O11Re. The molecule has 0 saturated heterocycles. The summed E-state index contributed by atoms with van der Waals surface area (Å²) in [4.78, 5) is 90.9. The molecule has 57 heavy (non-hydrogen) atoms. The van der Waals surface area contributed by atoms with Crippen molar-refractivity contribution >= 4 is 55.2 Å². The van der Waals surface area contributed by atoms with Gasteiger partial charge in [-0.2, -0.15) is 0 Å². The van der Waals surface area contributed by atoms with Gasteiger partial charge in [-0.3, -0.25) is 24.4 Å². The summed E-state index contributed by atoms with van der Waals surface area (Å²) in [6.07, 6.45) is 7.85. The summed E-state index contributed by atoms with van der Waals surface area (Å²) in [5, 5.41) is 49.9. The van der Waals surface area contributed by atoms with Gasteiger partial charge in [0.1, 0.15) is 18.1 Å². The fourth-order valence-corrected chi connectivity index (χ4v) is 5.55. The Bertz CT molecular complexity index is 1490. The maximum atomic E-state index is 12.4. The summed E-state index contributed by atoms with van der Waals surface area (Å²) >= 11 is 4.53. The Kier molecular flexibility index (Phi) is 27.1. The molecule has 9 N–H and O–H groups in total. The molecule has 3 atom stereocenters. The van der Waals surface area contributed by atoms with E-state index in [1.807, 2.05) is 36.4 Å². The van der Waals surface area contributed by atoms with E-state index in [2.05, 4.69) is 50.0 Å². The molecule has 0 radical (unpaired) electrons. The van der Waals surface area contributed by atoms with E-state index in [4.69, 9.17) is 10.2 Å². The average molecular weight is 1040 g/mol. The normalized spacial score (nSPS) is 12.2. The van der Waals surface area contributed by atoms with Gasteiger partial charge in [-0.1, -0.05) is 25.0 Å². The van der Waals surface area contributed by atoms with Crippen LogP contribution in [0, 0.1) is 0 Å². The van der Waals surface area contributed by atoms with E-state index in [0.717, 1.165) is 11.4 Å². The number of nitrogens with one attached hydrogen (secondary N) is 5. The predicted molar refractivity (Wildman–Crippen MR) is 207 cm³/mol. The molecule has 2 aromatic rings. The molecule has 0 spiro atoms. The fraction of sp³-hybridized carbons (Fsp3) is 0.541. The number of carboxylic acid groups (broad SMARTS) is 4. The second-order valence-corrected chi connectivity index (χ2v) is 12.9. The first kappa shape index (κ1) is 50.5. The van der Waals surface area contributed by atoms with Gasteiger partial charge in [0.05, 0.1) is 17.4 Å². The Morgan fingerprint density at radius 1 is 0.561 bits per heavy atom. The van der Waals surface area contributed by atoms with Crippen LogP contribution in [0.5, 0.6) is 0 Å². The van der Waals surface area contributed by atoms with Crippen LogP contribution >= 0.6 is 13.4 Å². The van der Waals surface area contributed by atoms with E-state index in [1.54, 1.807) is 12.4 Å². The number of carbonyl (C=O) groups excluding carboxylic acids is 3. The number of urea groups is 1. The molecule has 0 fully saturated rings. The van der Waals surface area contributed by atoms with Crippen molar-refractivity contribution in [2.75, 3.05) is 13.1 Å². The Balaban J connectivity index is 0.00000799. The monoisotopic (exact) mass is 1040 g/mol. The molecule has 3 unspecified atom stereocenters. The van der Waals surface area contributed by atoms with Crippen molar-refractivity contribution in [2.45, 2.75) is 114 Å². The molecule has 0 saturated carbocycles. The van der Waals surface area contributed by atoms with Crippen molar-refractivity contribution < 1.29 is 71.2 Å². The van der Waals surface area contributed by atoms with Crippen LogP contribution in [0.25, 0.3) is 0 Å². The van der Waals surface area contributed by atoms with Gasteiger partial charge in [-0.05, 0) is 88.6 Å². The van der Waals surface area contributed by atoms with Crippen LogP contribution in [0.3, 0.4) is 0 Å². The SMILES string of the molecule is O=C(O)CCC(NC(=O)NC(CCCCNC(=O)CCCCCCC(=O)NC(CCCCNC(c1ccccn1)c1ccccn1)C(=O)O)C(=O)O)C(=O)O.[Br][Re]. The maximum absolute atomic E-state index is 12.4. The average Bonchev–Trinajstić information content (AvgIpc) is 3.19. The minimum atomic E-state index is -1.50. The van der Waals surface area contributed by atoms with E-state index in [-0.39, 0.29) is 56.5 Å². The van der Waals surface area contributed by atoms with Crippen molar-refractivity contribution in [1.29, 1.82) is 0 Å². The Morgan fingerprint density at radius 2 is 1.04 bits per heavy atom. The number of aliphatic carboxylic acids is 4. The van der Waals surface area contributed by atoms with Crippen LogP contribution in [0.4, 0.5) is 4.79 Å². The number of amides is 4. The third kappa shape index (κ3) is 23.4. The van der Waals surface area contributed by atoms with Gasteiger partial charge in [0.2, 0.25) is 11.8 Å². The van der Waals surface area contributed by atoms with Crippen LogP contribution in [0.2, 0.25) is 0 Å². The molecule has 2 aromatic heterocycles. The molecule has 20 heteroatoms. The van der Waals surface area contributed by atoms with E-state index < -0.39 is 54.5 Å². The molecule has 0 aliphatic heterocycles. The molecule has 316 valence electrons. The molecule has 18 nitrogen and oxygen atoms in total. The zero-order valence-corrected chi connectivity index (χ0v) is 35.8. The van der Waals surface area contributed by atoms with Crippen molar-refractivity contribution in [3.05, 3.63) is 60.2 Å². The number of hydrogen-bond donors (Lipinski definition) is 9. The number of rotatable bonds is 29. The second kappa shape index (κ2) is 30.6. The Hall–Kier alpha value is -4.51. The van der Waals surface area contributed by atoms with Crippen LogP contribution in [0.15, 0.2) is 48.8 Å². The number of carbonyl (C=O) groups is 7. The first-order valence-corrected chi connectivity index (χ1v) is 24.5. The number of hydrogen-bond acceptors (Lipinski definition) is 10. The molecule has 0 aliphatic rings. The Morgan fingerprint density at radius 3 is 1.51 bits per heavy atom. The van der Waals surface area contributed by atoms with E-state index in [0.29, 0.717) is 57.9 Å². The van der Waals surface area contributed by atoms with Crippen molar-refractivity contribution in [3.8, 4) is 0 Å². The number of nitrogens with zero attached hydrogens (tertiary/aromatic N) is 2. The molecule has 2 rings (SSSR count). The third-order valence-corrected chi connectivity index (χ3v) is 8.52. The van der Waals surface area contributed by atoms with Crippen molar-refractivity contribution in [1.82, 2.24) is 36.6 Å². The van der Waals surface area contributed by atoms with Crippen LogP contribution in [0.1, 0.15) is 107 Å². The minimum absolute atomic E-state index is 0.0186. The summed E-state index contributed by atoms with van der Waals surface area (Å²) in [5.74, 6) is -5.63.